The number of terminal acetylenes is 1. The first-order valence-electron chi connectivity index (χ1n) is 6.85. The smallest absolute Gasteiger partial charge is 0.0370 e. The third kappa shape index (κ3) is 5.78. The quantitative estimate of drug-likeness (QED) is 0.828. The number of anilines is 1. The summed E-state index contributed by atoms with van der Waals surface area (Å²) in [6.45, 7) is 9.15. The Morgan fingerprint density at radius 3 is 2.21 bits per heavy atom. The molecule has 0 saturated carbocycles. The maximum absolute atomic E-state index is 5.64. The minimum Gasteiger partial charge on any atom is -0.369 e. The van der Waals surface area contributed by atoms with Crippen molar-refractivity contribution in [1.29, 1.82) is 0 Å². The Hall–Kier alpha value is -1.50. The average molecular weight is 261 g/mol. The zero-order chi connectivity index (χ0) is 14.7. The Kier molecular flexibility index (Phi) is 9.60. The van der Waals surface area contributed by atoms with Crippen LogP contribution in [0.1, 0.15) is 19.4 Å². The molecular weight excluding hydrogens is 234 g/mol. The molecule has 2 N–H and O–H groups in total. The van der Waals surface area contributed by atoms with Crippen molar-refractivity contribution in [2.75, 3.05) is 38.1 Å². The molecule has 0 aromatic heterocycles. The second-order valence-electron chi connectivity index (χ2n) is 4.16. The lowest BCUT2D eigenvalue weighted by Crippen LogP contribution is -2.44. The molecule has 1 heterocycles. The van der Waals surface area contributed by atoms with E-state index in [1.165, 1.54) is 11.3 Å². The van der Waals surface area contributed by atoms with Crippen LogP contribution in [0.3, 0.4) is 0 Å². The van der Waals surface area contributed by atoms with Gasteiger partial charge in [-0.2, -0.15) is 0 Å². The van der Waals surface area contributed by atoms with Crippen LogP contribution in [0.2, 0.25) is 0 Å². The van der Waals surface area contributed by atoms with Crippen molar-refractivity contribution in [2.24, 2.45) is 5.73 Å². The van der Waals surface area contributed by atoms with Crippen molar-refractivity contribution < 1.29 is 0 Å². The zero-order valence-electron chi connectivity index (χ0n) is 12.5. The molecule has 1 saturated heterocycles. The predicted octanol–water partition coefficient (Wildman–Crippen LogP) is 2.17. The normalized spacial score (nSPS) is 14.7. The summed E-state index contributed by atoms with van der Waals surface area (Å²) in [4.78, 5) is 4.79. The summed E-state index contributed by atoms with van der Waals surface area (Å²) in [5.74, 6) is 0. The molecule has 19 heavy (non-hydrogen) atoms. The fourth-order valence-corrected chi connectivity index (χ4v) is 1.94. The fourth-order valence-electron chi connectivity index (χ4n) is 1.94. The van der Waals surface area contributed by atoms with Crippen molar-refractivity contribution in [3.8, 4) is 12.8 Å². The second-order valence-corrected chi connectivity index (χ2v) is 4.16. The molecule has 1 aliphatic rings. The van der Waals surface area contributed by atoms with E-state index in [0.717, 1.165) is 26.2 Å². The first kappa shape index (κ1) is 17.5. The maximum atomic E-state index is 5.64. The van der Waals surface area contributed by atoms with Gasteiger partial charge in [0.2, 0.25) is 0 Å². The van der Waals surface area contributed by atoms with Crippen LogP contribution in [0.5, 0.6) is 0 Å². The van der Waals surface area contributed by atoms with E-state index in [4.69, 9.17) is 5.73 Å². The average Bonchev–Trinajstić information content (AvgIpc) is 2.52. The molecule has 1 aromatic rings. The molecule has 106 valence electrons. The third-order valence-electron chi connectivity index (χ3n) is 3.01. The first-order chi connectivity index (χ1) is 9.29. The van der Waals surface area contributed by atoms with Crippen LogP contribution in [0.25, 0.3) is 0 Å². The van der Waals surface area contributed by atoms with Crippen LogP contribution < -0.4 is 10.6 Å². The summed E-state index contributed by atoms with van der Waals surface area (Å²) in [7, 11) is 2.17. The van der Waals surface area contributed by atoms with E-state index >= 15 is 0 Å². The SMILES string of the molecule is C#C.CC.CN1CCN(c2cccc(CN)c2)CC1. The van der Waals surface area contributed by atoms with E-state index in [-0.39, 0.29) is 0 Å². The van der Waals surface area contributed by atoms with Gasteiger partial charge in [-0.05, 0) is 24.7 Å². The number of likely N-dealkylation sites (N-methyl/N-ethyl adjacent to an activating group) is 1. The van der Waals surface area contributed by atoms with Gasteiger partial charge < -0.3 is 15.5 Å². The Bertz CT molecular complexity index is 352. The van der Waals surface area contributed by atoms with Crippen LogP contribution in [0, 0.1) is 12.8 Å². The lowest BCUT2D eigenvalue weighted by Gasteiger charge is -2.34. The molecule has 3 nitrogen and oxygen atoms in total. The summed E-state index contributed by atoms with van der Waals surface area (Å²) < 4.78 is 0. The van der Waals surface area contributed by atoms with E-state index in [1.54, 1.807) is 0 Å². The first-order valence-corrected chi connectivity index (χ1v) is 6.85. The van der Waals surface area contributed by atoms with Gasteiger partial charge in [0, 0.05) is 38.4 Å². The molecule has 1 aromatic carbocycles. The topological polar surface area (TPSA) is 32.5 Å². The zero-order valence-corrected chi connectivity index (χ0v) is 12.5. The van der Waals surface area contributed by atoms with Gasteiger partial charge in [-0.15, -0.1) is 12.8 Å². The minimum atomic E-state index is 0.627. The van der Waals surface area contributed by atoms with Gasteiger partial charge in [-0.1, -0.05) is 26.0 Å². The van der Waals surface area contributed by atoms with Crippen molar-refractivity contribution in [1.82, 2.24) is 4.90 Å². The molecular formula is C16H27N3. The molecule has 0 aliphatic carbocycles. The molecule has 0 spiro atoms. The molecule has 3 heteroatoms. The minimum absolute atomic E-state index is 0.627. The highest BCUT2D eigenvalue weighted by Crippen LogP contribution is 2.17. The Morgan fingerprint density at radius 1 is 1.11 bits per heavy atom. The summed E-state index contributed by atoms with van der Waals surface area (Å²) in [5.41, 5.74) is 8.17. The molecule has 0 amide bonds. The van der Waals surface area contributed by atoms with Gasteiger partial charge in [0.05, 0.1) is 0 Å². The lowest BCUT2D eigenvalue weighted by molar-refractivity contribution is 0.313. The number of piperazine rings is 1. The predicted molar refractivity (Wildman–Crippen MR) is 85.3 cm³/mol. The molecule has 0 unspecified atom stereocenters. The lowest BCUT2D eigenvalue weighted by atomic mass is 10.1. The van der Waals surface area contributed by atoms with E-state index < -0.39 is 0 Å². The molecule has 1 fully saturated rings. The maximum Gasteiger partial charge on any atom is 0.0370 e. The van der Waals surface area contributed by atoms with Gasteiger partial charge in [0.25, 0.3) is 0 Å². The highest BCUT2D eigenvalue weighted by molar-refractivity contribution is 5.49. The standard InChI is InChI=1S/C12H19N3.C2H6.C2H2/c1-14-5-7-15(8-6-14)12-4-2-3-11(9-12)10-13;2*1-2/h2-4,9H,5-8,10,13H2,1H3;1-2H3;1-2H. The Labute approximate surface area is 118 Å². The molecule has 0 bridgehead atoms. The highest BCUT2D eigenvalue weighted by Gasteiger charge is 2.13. The molecule has 2 rings (SSSR count). The van der Waals surface area contributed by atoms with Crippen LogP contribution >= 0.6 is 0 Å². The van der Waals surface area contributed by atoms with Gasteiger partial charge in [0.1, 0.15) is 0 Å². The van der Waals surface area contributed by atoms with E-state index in [1.807, 2.05) is 13.8 Å². The van der Waals surface area contributed by atoms with Gasteiger partial charge in [-0.3, -0.25) is 0 Å². The van der Waals surface area contributed by atoms with Crippen molar-refractivity contribution in [3.05, 3.63) is 29.8 Å². The molecule has 0 atom stereocenters. The van der Waals surface area contributed by atoms with Crippen LogP contribution in [-0.4, -0.2) is 38.1 Å². The number of rotatable bonds is 2. The van der Waals surface area contributed by atoms with E-state index in [9.17, 15) is 0 Å². The van der Waals surface area contributed by atoms with Crippen LogP contribution in [0.15, 0.2) is 24.3 Å². The van der Waals surface area contributed by atoms with E-state index in [0.29, 0.717) is 6.54 Å². The number of nitrogens with two attached hydrogens (primary N) is 1. The Balaban J connectivity index is 0.000000741. The molecule has 1 aliphatic heterocycles. The van der Waals surface area contributed by atoms with E-state index in [2.05, 4.69) is 54.0 Å². The number of hydrogen-bond donors (Lipinski definition) is 1. The summed E-state index contributed by atoms with van der Waals surface area (Å²) in [5, 5.41) is 0. The van der Waals surface area contributed by atoms with Crippen molar-refractivity contribution in [2.45, 2.75) is 20.4 Å². The summed E-state index contributed by atoms with van der Waals surface area (Å²) in [6.07, 6.45) is 8.00. The Morgan fingerprint density at radius 2 is 1.68 bits per heavy atom. The largest absolute Gasteiger partial charge is 0.369 e. The van der Waals surface area contributed by atoms with Crippen molar-refractivity contribution >= 4 is 5.69 Å². The van der Waals surface area contributed by atoms with Gasteiger partial charge in [0.15, 0.2) is 0 Å². The number of nitrogens with zero attached hydrogens (tertiary/aromatic N) is 2. The van der Waals surface area contributed by atoms with Crippen LogP contribution in [0.4, 0.5) is 5.69 Å². The summed E-state index contributed by atoms with van der Waals surface area (Å²) >= 11 is 0. The fraction of sp³-hybridized carbons (Fsp3) is 0.500. The third-order valence-corrected chi connectivity index (χ3v) is 3.01. The van der Waals surface area contributed by atoms with Crippen LogP contribution in [-0.2, 0) is 6.54 Å². The van der Waals surface area contributed by atoms with Gasteiger partial charge >= 0.3 is 0 Å². The molecule has 0 radical (unpaired) electrons. The van der Waals surface area contributed by atoms with Crippen molar-refractivity contribution in [3.63, 3.8) is 0 Å². The number of benzene rings is 1. The second kappa shape index (κ2) is 10.4. The summed E-state index contributed by atoms with van der Waals surface area (Å²) in [6, 6.07) is 8.55. The highest BCUT2D eigenvalue weighted by atomic mass is 15.2. The van der Waals surface area contributed by atoms with Gasteiger partial charge in [-0.25, -0.2) is 0 Å². The number of hydrogen-bond acceptors (Lipinski definition) is 3. The monoisotopic (exact) mass is 261 g/mol.